The molecular weight excluding hydrogens is 362 g/mol. The number of nitrogens with zero attached hydrogens (tertiary/aromatic N) is 2. The van der Waals surface area contributed by atoms with E-state index in [4.69, 9.17) is 5.73 Å². The Kier molecular flexibility index (Phi) is 4.19. The molecule has 0 spiro atoms. The second-order valence-corrected chi connectivity index (χ2v) is 10.6. The van der Waals surface area contributed by atoms with E-state index in [1.165, 1.54) is 22.3 Å². The fourth-order valence-corrected chi connectivity index (χ4v) is 6.65. The van der Waals surface area contributed by atoms with Crippen LogP contribution in [-0.4, -0.2) is 47.3 Å². The molecule has 1 aromatic heterocycles. The second-order valence-electron chi connectivity index (χ2n) is 7.34. The summed E-state index contributed by atoms with van der Waals surface area (Å²) in [6.45, 7) is 5.83. The van der Waals surface area contributed by atoms with Gasteiger partial charge in [0.05, 0.1) is 26.4 Å². The van der Waals surface area contributed by atoms with Crippen molar-refractivity contribution < 1.29 is 18.3 Å². The number of hydrogen-bond acceptors (Lipinski definition) is 6. The summed E-state index contributed by atoms with van der Waals surface area (Å²) in [7, 11) is -3.69. The van der Waals surface area contributed by atoms with Crippen LogP contribution in [0.15, 0.2) is 23.1 Å². The zero-order valence-corrected chi connectivity index (χ0v) is 15.9. The maximum atomic E-state index is 13.2. The number of benzene rings is 1. The molecule has 1 amide bonds. The molecule has 2 aromatic rings. The largest absolute Gasteiger partial charge is 0.465 e. The smallest absolute Gasteiger partial charge is 0.407 e. The molecule has 9 heteroatoms. The molecule has 1 aliphatic rings. The molecule has 3 rings (SSSR count). The van der Waals surface area contributed by atoms with E-state index in [0.29, 0.717) is 21.8 Å². The minimum absolute atomic E-state index is 0.190. The number of amides is 1. The van der Waals surface area contributed by atoms with Crippen LogP contribution in [0.4, 0.5) is 9.93 Å². The Morgan fingerprint density at radius 1 is 1.40 bits per heavy atom. The molecule has 2 atom stereocenters. The Bertz CT molecular complexity index is 930. The van der Waals surface area contributed by atoms with Crippen LogP contribution in [-0.2, 0) is 9.84 Å². The first-order chi connectivity index (χ1) is 11.5. The van der Waals surface area contributed by atoms with Gasteiger partial charge in [0.15, 0.2) is 15.0 Å². The van der Waals surface area contributed by atoms with Crippen molar-refractivity contribution in [2.24, 2.45) is 5.41 Å². The molecule has 0 radical (unpaired) electrons. The molecular formula is C16H21N3O4S2. The second kappa shape index (κ2) is 5.84. The van der Waals surface area contributed by atoms with Crippen LogP contribution < -0.4 is 5.73 Å². The monoisotopic (exact) mass is 383 g/mol. The molecule has 0 aliphatic carbocycles. The number of carbonyl (C=O) groups is 1. The van der Waals surface area contributed by atoms with E-state index in [-0.39, 0.29) is 11.4 Å². The SMILES string of the molecule is CC(C)(C)C1[C@H](S(=O)(=O)c2ccc3nc(N)sc3c2)CCN1C(=O)O. The zero-order valence-electron chi connectivity index (χ0n) is 14.3. The van der Waals surface area contributed by atoms with Crippen LogP contribution in [0.1, 0.15) is 27.2 Å². The zero-order chi connectivity index (χ0) is 18.6. The number of fused-ring (bicyclic) bond motifs is 1. The van der Waals surface area contributed by atoms with Crippen molar-refractivity contribution in [2.75, 3.05) is 12.3 Å². The summed E-state index contributed by atoms with van der Waals surface area (Å²) in [4.78, 5) is 17.1. The summed E-state index contributed by atoms with van der Waals surface area (Å²) < 4.78 is 27.2. The topological polar surface area (TPSA) is 114 Å². The van der Waals surface area contributed by atoms with Crippen molar-refractivity contribution in [3.05, 3.63) is 18.2 Å². The lowest BCUT2D eigenvalue weighted by molar-refractivity contribution is 0.107. The van der Waals surface area contributed by atoms with Gasteiger partial charge in [0, 0.05) is 6.54 Å². The van der Waals surface area contributed by atoms with Crippen LogP contribution in [0.2, 0.25) is 0 Å². The quantitative estimate of drug-likeness (QED) is 0.824. The molecule has 2 heterocycles. The minimum atomic E-state index is -3.69. The number of anilines is 1. The van der Waals surface area contributed by atoms with Crippen LogP contribution in [0.5, 0.6) is 0 Å². The van der Waals surface area contributed by atoms with Gasteiger partial charge in [-0.1, -0.05) is 32.1 Å². The van der Waals surface area contributed by atoms with Gasteiger partial charge in [-0.15, -0.1) is 0 Å². The molecule has 1 aliphatic heterocycles. The number of likely N-dealkylation sites (tertiary alicyclic amines) is 1. The summed E-state index contributed by atoms with van der Waals surface area (Å²) in [5.74, 6) is 0. The molecule has 0 saturated carbocycles. The predicted molar refractivity (Wildman–Crippen MR) is 97.6 cm³/mol. The highest BCUT2D eigenvalue weighted by atomic mass is 32.2. The van der Waals surface area contributed by atoms with Gasteiger partial charge in [-0.3, -0.25) is 0 Å². The fraction of sp³-hybridized carbons (Fsp3) is 0.500. The highest BCUT2D eigenvalue weighted by Gasteiger charge is 2.50. The van der Waals surface area contributed by atoms with E-state index in [2.05, 4.69) is 4.98 Å². The van der Waals surface area contributed by atoms with E-state index < -0.39 is 32.6 Å². The van der Waals surface area contributed by atoms with Crippen molar-refractivity contribution in [3.8, 4) is 0 Å². The van der Waals surface area contributed by atoms with Gasteiger partial charge in [-0.05, 0) is 30.0 Å². The van der Waals surface area contributed by atoms with E-state index in [1.807, 2.05) is 20.8 Å². The third-order valence-electron chi connectivity index (χ3n) is 4.58. The van der Waals surface area contributed by atoms with Crippen LogP contribution >= 0.6 is 11.3 Å². The van der Waals surface area contributed by atoms with Crippen molar-refractivity contribution in [3.63, 3.8) is 0 Å². The van der Waals surface area contributed by atoms with E-state index >= 15 is 0 Å². The molecule has 7 nitrogen and oxygen atoms in total. The van der Waals surface area contributed by atoms with Crippen molar-refractivity contribution in [2.45, 2.75) is 43.4 Å². The summed E-state index contributed by atoms with van der Waals surface area (Å²) in [6.07, 6.45) is -0.789. The highest BCUT2D eigenvalue weighted by molar-refractivity contribution is 7.92. The summed E-state index contributed by atoms with van der Waals surface area (Å²) in [5, 5.41) is 9.07. The number of sulfone groups is 1. The van der Waals surface area contributed by atoms with Gasteiger partial charge in [0.1, 0.15) is 0 Å². The van der Waals surface area contributed by atoms with Crippen molar-refractivity contribution in [1.29, 1.82) is 0 Å². The molecule has 1 fully saturated rings. The Balaban J connectivity index is 2.06. The Morgan fingerprint density at radius 2 is 2.08 bits per heavy atom. The average Bonchev–Trinajstić information content (AvgIpc) is 3.08. The highest BCUT2D eigenvalue weighted by Crippen LogP contribution is 2.39. The van der Waals surface area contributed by atoms with E-state index in [1.54, 1.807) is 12.1 Å². The van der Waals surface area contributed by atoms with E-state index in [0.717, 1.165) is 0 Å². The maximum absolute atomic E-state index is 13.2. The number of nitrogen functional groups attached to an aromatic ring is 1. The Labute approximate surface area is 150 Å². The number of carboxylic acid groups (broad SMARTS) is 1. The van der Waals surface area contributed by atoms with Gasteiger partial charge >= 0.3 is 6.09 Å². The average molecular weight is 383 g/mol. The third kappa shape index (κ3) is 3.06. The lowest BCUT2D eigenvalue weighted by Crippen LogP contribution is -2.49. The van der Waals surface area contributed by atoms with Crippen LogP contribution in [0.3, 0.4) is 0 Å². The van der Waals surface area contributed by atoms with Crippen LogP contribution in [0, 0.1) is 5.41 Å². The fourth-order valence-electron chi connectivity index (χ4n) is 3.60. The number of hydrogen-bond donors (Lipinski definition) is 2. The van der Waals surface area contributed by atoms with Crippen molar-refractivity contribution in [1.82, 2.24) is 9.88 Å². The van der Waals surface area contributed by atoms with Gasteiger partial charge in [-0.25, -0.2) is 18.2 Å². The van der Waals surface area contributed by atoms with Crippen molar-refractivity contribution >= 4 is 42.6 Å². The lowest BCUT2D eigenvalue weighted by atomic mass is 9.85. The lowest BCUT2D eigenvalue weighted by Gasteiger charge is -2.36. The van der Waals surface area contributed by atoms with Gasteiger partial charge in [0.2, 0.25) is 0 Å². The first-order valence-corrected chi connectivity index (χ1v) is 10.3. The standard InChI is InChI=1S/C16H21N3O4S2/c1-16(2,3)13-12(6-7-19(13)15(20)21)25(22,23)9-4-5-10-11(8-9)24-14(17)18-10/h4-5,8,12-13H,6-7H2,1-3H3,(H2,17,18)(H,20,21)/t12-,13?/m1/s1. The summed E-state index contributed by atoms with van der Waals surface area (Å²) >= 11 is 1.23. The Hall–Kier alpha value is -1.87. The molecule has 1 unspecified atom stereocenters. The van der Waals surface area contributed by atoms with Gasteiger partial charge < -0.3 is 15.7 Å². The number of aromatic nitrogens is 1. The summed E-state index contributed by atoms with van der Waals surface area (Å²) in [6, 6.07) is 4.16. The number of rotatable bonds is 2. The van der Waals surface area contributed by atoms with Gasteiger partial charge in [0.25, 0.3) is 0 Å². The molecule has 3 N–H and O–H groups in total. The minimum Gasteiger partial charge on any atom is -0.465 e. The van der Waals surface area contributed by atoms with E-state index in [9.17, 15) is 18.3 Å². The first-order valence-electron chi connectivity index (χ1n) is 7.91. The molecule has 1 saturated heterocycles. The molecule has 136 valence electrons. The normalized spacial score (nSPS) is 21.8. The number of nitrogens with two attached hydrogens (primary N) is 1. The molecule has 0 bridgehead atoms. The van der Waals surface area contributed by atoms with Crippen LogP contribution in [0.25, 0.3) is 10.2 Å². The molecule has 25 heavy (non-hydrogen) atoms. The summed E-state index contributed by atoms with van der Waals surface area (Å²) in [5.41, 5.74) is 5.85. The third-order valence-corrected chi connectivity index (χ3v) is 7.63. The number of thiazole rings is 1. The van der Waals surface area contributed by atoms with Gasteiger partial charge in [-0.2, -0.15) is 0 Å². The molecule has 1 aromatic carbocycles. The first kappa shape index (κ1) is 17.9. The predicted octanol–water partition coefficient (Wildman–Crippen LogP) is 2.82. The Morgan fingerprint density at radius 3 is 2.68 bits per heavy atom. The maximum Gasteiger partial charge on any atom is 0.407 e.